The molecule has 0 atom stereocenters. The minimum absolute atomic E-state index is 0.219. The summed E-state index contributed by atoms with van der Waals surface area (Å²) in [6, 6.07) is 8.51. The second-order valence-electron chi connectivity index (χ2n) is 7.10. The minimum atomic E-state index is 0.219. The number of thiophene rings is 1. The van der Waals surface area contributed by atoms with Crippen molar-refractivity contribution in [2.24, 2.45) is 0 Å². The zero-order valence-corrected chi connectivity index (χ0v) is 15.8. The van der Waals surface area contributed by atoms with E-state index in [2.05, 4.69) is 30.3 Å². The second-order valence-corrected chi connectivity index (χ2v) is 9.25. The standard InChI is InChI=1S/C21H21NOS2/c23-21(22-10-9-14-5-1-2-6-15(14)12-22)20-11-19-17(13-24-20)16-7-3-4-8-18(16)25-19/h1-2,5-6,11H,3-4,7-10,12-13H2. The number of hydrogen-bond acceptors (Lipinski definition) is 3. The molecule has 0 bridgehead atoms. The lowest BCUT2D eigenvalue weighted by molar-refractivity contribution is -0.127. The van der Waals surface area contributed by atoms with E-state index >= 15 is 0 Å². The minimum Gasteiger partial charge on any atom is -0.334 e. The third kappa shape index (κ3) is 2.76. The van der Waals surface area contributed by atoms with Gasteiger partial charge in [0.25, 0.3) is 5.91 Å². The Balaban J connectivity index is 1.41. The fraction of sp³-hybridized carbons (Fsp3) is 0.381. The third-order valence-corrected chi connectivity index (χ3v) is 7.89. The van der Waals surface area contributed by atoms with Crippen molar-refractivity contribution in [1.82, 2.24) is 4.90 Å². The van der Waals surface area contributed by atoms with Gasteiger partial charge >= 0.3 is 0 Å². The lowest BCUT2D eigenvalue weighted by atomic mass is 9.95. The average Bonchev–Trinajstić information content (AvgIpc) is 3.04. The lowest BCUT2D eigenvalue weighted by Crippen LogP contribution is -2.36. The molecule has 3 aliphatic rings. The smallest absolute Gasteiger partial charge is 0.260 e. The molecule has 5 rings (SSSR count). The van der Waals surface area contributed by atoms with Crippen molar-refractivity contribution in [2.45, 2.75) is 44.4 Å². The molecule has 25 heavy (non-hydrogen) atoms. The first-order chi connectivity index (χ1) is 12.3. The van der Waals surface area contributed by atoms with E-state index in [9.17, 15) is 4.79 Å². The summed E-state index contributed by atoms with van der Waals surface area (Å²) in [5.41, 5.74) is 5.82. The number of rotatable bonds is 1. The Morgan fingerprint density at radius 1 is 1.00 bits per heavy atom. The van der Waals surface area contributed by atoms with Crippen molar-refractivity contribution in [1.29, 1.82) is 0 Å². The van der Waals surface area contributed by atoms with Crippen molar-refractivity contribution in [3.05, 3.63) is 61.2 Å². The van der Waals surface area contributed by atoms with Crippen molar-refractivity contribution >= 4 is 35.1 Å². The predicted octanol–water partition coefficient (Wildman–Crippen LogP) is 4.80. The van der Waals surface area contributed by atoms with Gasteiger partial charge in [0.05, 0.1) is 4.91 Å². The van der Waals surface area contributed by atoms with Crippen LogP contribution in [0.25, 0.3) is 6.08 Å². The van der Waals surface area contributed by atoms with Crippen LogP contribution in [0.2, 0.25) is 0 Å². The van der Waals surface area contributed by atoms with Gasteiger partial charge in [-0.05, 0) is 60.4 Å². The van der Waals surface area contributed by atoms with Gasteiger partial charge in [0.15, 0.2) is 0 Å². The fourth-order valence-electron chi connectivity index (χ4n) is 4.19. The van der Waals surface area contributed by atoms with Gasteiger partial charge in [0.1, 0.15) is 0 Å². The molecule has 3 heterocycles. The van der Waals surface area contributed by atoms with Crippen LogP contribution in [0.1, 0.15) is 44.8 Å². The molecule has 0 spiro atoms. The first-order valence-electron chi connectivity index (χ1n) is 9.13. The van der Waals surface area contributed by atoms with E-state index in [4.69, 9.17) is 0 Å². The molecule has 2 aromatic rings. The number of benzene rings is 1. The molecule has 0 unspecified atom stereocenters. The van der Waals surface area contributed by atoms with Crippen LogP contribution in [0, 0.1) is 0 Å². The SMILES string of the molecule is O=C(C1=Cc2sc3c(c2CS1)CCCC3)N1CCc2ccccc2C1. The molecule has 0 saturated heterocycles. The zero-order valence-electron chi connectivity index (χ0n) is 14.2. The summed E-state index contributed by atoms with van der Waals surface area (Å²) >= 11 is 3.68. The van der Waals surface area contributed by atoms with Crippen LogP contribution in [0.15, 0.2) is 29.2 Å². The van der Waals surface area contributed by atoms with Gasteiger partial charge in [0.2, 0.25) is 0 Å². The van der Waals surface area contributed by atoms with Gasteiger partial charge in [0, 0.05) is 28.6 Å². The molecule has 1 aromatic heterocycles. The highest BCUT2D eigenvalue weighted by Gasteiger charge is 2.28. The topological polar surface area (TPSA) is 20.3 Å². The second kappa shape index (κ2) is 6.33. The zero-order chi connectivity index (χ0) is 16.8. The number of nitrogens with zero attached hydrogens (tertiary/aromatic N) is 1. The van der Waals surface area contributed by atoms with E-state index in [1.807, 2.05) is 16.2 Å². The lowest BCUT2D eigenvalue weighted by Gasteiger charge is -2.30. The van der Waals surface area contributed by atoms with E-state index in [0.717, 1.165) is 30.2 Å². The number of fused-ring (bicyclic) bond motifs is 4. The Kier molecular flexibility index (Phi) is 3.98. The molecular formula is C21H21NOS2. The summed E-state index contributed by atoms with van der Waals surface area (Å²) in [6.45, 7) is 1.59. The number of aryl methyl sites for hydroxylation is 1. The van der Waals surface area contributed by atoms with Crippen molar-refractivity contribution < 1.29 is 4.79 Å². The number of carbonyl (C=O) groups excluding carboxylic acids is 1. The summed E-state index contributed by atoms with van der Waals surface area (Å²) in [7, 11) is 0. The van der Waals surface area contributed by atoms with Gasteiger partial charge in [-0.1, -0.05) is 24.3 Å². The number of amides is 1. The molecule has 1 aliphatic carbocycles. The van der Waals surface area contributed by atoms with Crippen LogP contribution in [-0.4, -0.2) is 17.4 Å². The number of carbonyl (C=O) groups is 1. The molecule has 0 fully saturated rings. The summed E-state index contributed by atoms with van der Waals surface area (Å²) in [6.07, 6.45) is 8.26. The Labute approximate surface area is 156 Å². The molecule has 0 saturated carbocycles. The van der Waals surface area contributed by atoms with Crippen LogP contribution in [0.5, 0.6) is 0 Å². The Morgan fingerprint density at radius 3 is 2.76 bits per heavy atom. The fourth-order valence-corrected chi connectivity index (χ4v) is 6.79. The van der Waals surface area contributed by atoms with Crippen LogP contribution in [-0.2, 0) is 36.4 Å². The van der Waals surface area contributed by atoms with E-state index in [1.165, 1.54) is 47.3 Å². The highest BCUT2D eigenvalue weighted by Crippen LogP contribution is 2.43. The summed E-state index contributed by atoms with van der Waals surface area (Å²) < 4.78 is 0. The van der Waals surface area contributed by atoms with Gasteiger partial charge in [-0.15, -0.1) is 23.1 Å². The van der Waals surface area contributed by atoms with Crippen molar-refractivity contribution in [3.63, 3.8) is 0 Å². The van der Waals surface area contributed by atoms with Crippen LogP contribution in [0.4, 0.5) is 0 Å². The molecule has 128 valence electrons. The highest BCUT2D eigenvalue weighted by atomic mass is 32.2. The molecule has 1 aromatic carbocycles. The van der Waals surface area contributed by atoms with Gasteiger partial charge in [-0.25, -0.2) is 0 Å². The number of thioether (sulfide) groups is 1. The first kappa shape index (κ1) is 15.7. The molecule has 0 radical (unpaired) electrons. The van der Waals surface area contributed by atoms with Gasteiger partial charge in [-0.2, -0.15) is 0 Å². The number of hydrogen-bond donors (Lipinski definition) is 0. The van der Waals surface area contributed by atoms with Crippen LogP contribution in [0.3, 0.4) is 0 Å². The Hall–Kier alpha value is -1.52. The highest BCUT2D eigenvalue weighted by molar-refractivity contribution is 8.03. The maximum Gasteiger partial charge on any atom is 0.260 e. The summed E-state index contributed by atoms with van der Waals surface area (Å²) in [4.78, 5) is 19.0. The van der Waals surface area contributed by atoms with Crippen LogP contribution < -0.4 is 0 Å². The molecular weight excluding hydrogens is 346 g/mol. The van der Waals surface area contributed by atoms with E-state index in [0.29, 0.717) is 0 Å². The molecule has 2 aliphatic heterocycles. The molecule has 1 amide bonds. The van der Waals surface area contributed by atoms with Crippen LogP contribution >= 0.6 is 23.1 Å². The van der Waals surface area contributed by atoms with Crippen molar-refractivity contribution in [3.8, 4) is 0 Å². The van der Waals surface area contributed by atoms with E-state index in [1.54, 1.807) is 22.2 Å². The Morgan fingerprint density at radius 2 is 1.84 bits per heavy atom. The third-order valence-electron chi connectivity index (χ3n) is 5.57. The maximum atomic E-state index is 13.1. The summed E-state index contributed by atoms with van der Waals surface area (Å²) in [5, 5.41) is 0. The molecule has 4 heteroatoms. The monoisotopic (exact) mass is 367 g/mol. The predicted molar refractivity (Wildman–Crippen MR) is 106 cm³/mol. The van der Waals surface area contributed by atoms with Crippen molar-refractivity contribution in [2.75, 3.05) is 6.54 Å². The van der Waals surface area contributed by atoms with E-state index in [-0.39, 0.29) is 5.91 Å². The first-order valence-corrected chi connectivity index (χ1v) is 10.9. The van der Waals surface area contributed by atoms with E-state index < -0.39 is 0 Å². The normalized spacial score (nSPS) is 18.9. The Bertz CT molecular complexity index is 880. The largest absolute Gasteiger partial charge is 0.334 e. The maximum absolute atomic E-state index is 13.1. The molecule has 2 nitrogen and oxygen atoms in total. The average molecular weight is 368 g/mol. The van der Waals surface area contributed by atoms with Gasteiger partial charge in [-0.3, -0.25) is 4.79 Å². The molecule has 0 N–H and O–H groups in total. The summed E-state index contributed by atoms with van der Waals surface area (Å²) in [5.74, 6) is 1.19. The quantitative estimate of drug-likeness (QED) is 0.722. The van der Waals surface area contributed by atoms with Gasteiger partial charge < -0.3 is 4.90 Å².